The summed E-state index contributed by atoms with van der Waals surface area (Å²) in [5, 5.41) is 3.08. The molecule has 1 heterocycles. The molecule has 1 amide bonds. The number of halogens is 1. The lowest BCUT2D eigenvalue weighted by molar-refractivity contribution is 0.0943. The number of amides is 1. The van der Waals surface area contributed by atoms with Crippen LogP contribution < -0.4 is 5.32 Å². The van der Waals surface area contributed by atoms with E-state index in [1.54, 1.807) is 18.5 Å². The lowest BCUT2D eigenvalue weighted by Gasteiger charge is -2.06. The molecule has 1 N–H and O–H groups in total. The summed E-state index contributed by atoms with van der Waals surface area (Å²) in [5.41, 5.74) is 0.905. The van der Waals surface area contributed by atoms with E-state index in [9.17, 15) is 4.79 Å². The predicted octanol–water partition coefficient (Wildman–Crippen LogP) is 3.01. The molecule has 2 rings (SSSR count). The zero-order valence-electron chi connectivity index (χ0n) is 10.5. The summed E-state index contributed by atoms with van der Waals surface area (Å²) < 4.78 is 0.819. The van der Waals surface area contributed by atoms with Gasteiger partial charge >= 0.3 is 0 Å². The largest absolute Gasteiger partial charge is 0.348 e. The maximum Gasteiger partial charge on any atom is 0.253 e. The molecule has 0 spiro atoms. The Morgan fingerprint density at radius 2 is 1.88 bits per heavy atom. The first kappa shape index (κ1) is 12.6. The first-order chi connectivity index (χ1) is 7.76. The highest BCUT2D eigenvalue weighted by Crippen LogP contribution is 2.62. The molecular formula is C13H17BrN2O. The second-order valence-corrected chi connectivity index (χ2v) is 6.66. The molecule has 4 heteroatoms. The van der Waals surface area contributed by atoms with E-state index in [2.05, 4.69) is 53.9 Å². The molecule has 92 valence electrons. The fraction of sp³-hybridized carbons (Fsp3) is 0.538. The van der Waals surface area contributed by atoms with Crippen molar-refractivity contribution < 1.29 is 4.79 Å². The molecule has 0 bridgehead atoms. The van der Waals surface area contributed by atoms with Gasteiger partial charge in [0, 0.05) is 22.9 Å². The van der Waals surface area contributed by atoms with Crippen LogP contribution in [0, 0.1) is 10.8 Å². The van der Waals surface area contributed by atoms with Gasteiger partial charge in [-0.15, -0.1) is 0 Å². The van der Waals surface area contributed by atoms with Crippen LogP contribution in [0.15, 0.2) is 22.9 Å². The number of nitrogens with one attached hydrogen (secondary N) is 1. The Balaban J connectivity index is 2.10. The Hall–Kier alpha value is -0.900. The third-order valence-corrected chi connectivity index (χ3v) is 4.70. The molecule has 0 saturated heterocycles. The van der Waals surface area contributed by atoms with Gasteiger partial charge in [0.2, 0.25) is 0 Å². The van der Waals surface area contributed by atoms with Gasteiger partial charge in [-0.25, -0.2) is 0 Å². The molecule has 3 nitrogen and oxygen atoms in total. The van der Waals surface area contributed by atoms with Crippen LogP contribution in [0.4, 0.5) is 0 Å². The highest BCUT2D eigenvalue weighted by Gasteiger charge is 2.65. The van der Waals surface area contributed by atoms with Crippen molar-refractivity contribution in [1.29, 1.82) is 0 Å². The first-order valence-electron chi connectivity index (χ1n) is 5.68. The highest BCUT2D eigenvalue weighted by molar-refractivity contribution is 9.10. The zero-order chi connectivity index (χ0) is 12.8. The molecule has 0 unspecified atom stereocenters. The van der Waals surface area contributed by atoms with Crippen molar-refractivity contribution in [2.75, 3.05) is 0 Å². The number of pyridine rings is 1. The maximum atomic E-state index is 12.1. The molecule has 17 heavy (non-hydrogen) atoms. The van der Waals surface area contributed by atoms with Crippen LogP contribution in [0.3, 0.4) is 0 Å². The van der Waals surface area contributed by atoms with Crippen LogP contribution in [-0.2, 0) is 0 Å². The van der Waals surface area contributed by atoms with Crippen molar-refractivity contribution in [3.63, 3.8) is 0 Å². The fourth-order valence-corrected chi connectivity index (χ4v) is 2.67. The van der Waals surface area contributed by atoms with Gasteiger partial charge in [0.15, 0.2) is 0 Å². The van der Waals surface area contributed by atoms with E-state index in [-0.39, 0.29) is 22.8 Å². The van der Waals surface area contributed by atoms with E-state index < -0.39 is 0 Å². The molecule has 1 aromatic rings. The first-order valence-corrected chi connectivity index (χ1v) is 6.47. The van der Waals surface area contributed by atoms with E-state index >= 15 is 0 Å². The van der Waals surface area contributed by atoms with Crippen molar-refractivity contribution in [2.45, 2.75) is 33.7 Å². The molecule has 1 saturated carbocycles. The minimum atomic E-state index is -0.0533. The van der Waals surface area contributed by atoms with E-state index in [4.69, 9.17) is 0 Å². The third kappa shape index (κ3) is 1.99. The SMILES string of the molecule is CC1(C)C(NC(=O)c2cncc(Br)c2)C1(C)C. The van der Waals surface area contributed by atoms with E-state index in [1.807, 2.05) is 0 Å². The summed E-state index contributed by atoms with van der Waals surface area (Å²) in [4.78, 5) is 16.0. The average molecular weight is 297 g/mol. The number of rotatable bonds is 2. The molecule has 1 aliphatic carbocycles. The lowest BCUT2D eigenvalue weighted by Crippen LogP contribution is -2.29. The summed E-state index contributed by atoms with van der Waals surface area (Å²) in [5.74, 6) is -0.0533. The quantitative estimate of drug-likeness (QED) is 0.911. The Labute approximate surface area is 110 Å². The maximum absolute atomic E-state index is 12.1. The highest BCUT2D eigenvalue weighted by atomic mass is 79.9. The molecule has 1 fully saturated rings. The van der Waals surface area contributed by atoms with Crippen molar-refractivity contribution in [3.8, 4) is 0 Å². The molecule has 0 atom stereocenters. The van der Waals surface area contributed by atoms with Gasteiger partial charge in [0.05, 0.1) is 5.56 Å². The van der Waals surface area contributed by atoms with Crippen LogP contribution in [0.1, 0.15) is 38.1 Å². The Morgan fingerprint density at radius 1 is 1.29 bits per heavy atom. The monoisotopic (exact) mass is 296 g/mol. The lowest BCUT2D eigenvalue weighted by atomic mass is 10.0. The summed E-state index contributed by atoms with van der Waals surface area (Å²) >= 11 is 3.31. The van der Waals surface area contributed by atoms with Gasteiger partial charge in [-0.1, -0.05) is 27.7 Å². The van der Waals surface area contributed by atoms with Crippen LogP contribution in [-0.4, -0.2) is 16.9 Å². The predicted molar refractivity (Wildman–Crippen MR) is 70.8 cm³/mol. The Bertz CT molecular complexity index is 454. The van der Waals surface area contributed by atoms with Gasteiger partial charge in [0.25, 0.3) is 5.91 Å². The van der Waals surface area contributed by atoms with Crippen molar-refractivity contribution in [2.24, 2.45) is 10.8 Å². The summed E-state index contributed by atoms with van der Waals surface area (Å²) in [6, 6.07) is 2.01. The third-order valence-electron chi connectivity index (χ3n) is 4.26. The van der Waals surface area contributed by atoms with Crippen molar-refractivity contribution in [3.05, 3.63) is 28.5 Å². The van der Waals surface area contributed by atoms with E-state index in [0.29, 0.717) is 5.56 Å². The average Bonchev–Trinajstić information content (AvgIpc) is 2.61. The molecule has 1 aliphatic rings. The molecule has 0 radical (unpaired) electrons. The summed E-state index contributed by atoms with van der Waals surface area (Å²) in [7, 11) is 0. The van der Waals surface area contributed by atoms with Gasteiger partial charge in [-0.05, 0) is 32.8 Å². The minimum absolute atomic E-state index is 0.0533. The second-order valence-electron chi connectivity index (χ2n) is 5.74. The standard InChI is InChI=1S/C13H17BrN2O/c1-12(2)11(13(12,3)4)16-10(17)8-5-9(14)7-15-6-8/h5-7,11H,1-4H3,(H,16,17). The second kappa shape index (κ2) is 3.80. The molecule has 1 aromatic heterocycles. The number of carbonyl (C=O) groups excluding carboxylic acids is 1. The van der Waals surface area contributed by atoms with Gasteiger partial charge < -0.3 is 5.32 Å². The Kier molecular flexibility index (Phi) is 2.81. The Morgan fingerprint density at radius 3 is 2.35 bits per heavy atom. The van der Waals surface area contributed by atoms with Crippen LogP contribution in [0.25, 0.3) is 0 Å². The molecule has 0 aliphatic heterocycles. The van der Waals surface area contributed by atoms with Crippen LogP contribution >= 0.6 is 15.9 Å². The molecule has 0 aromatic carbocycles. The van der Waals surface area contributed by atoms with E-state index in [0.717, 1.165) is 4.47 Å². The van der Waals surface area contributed by atoms with Crippen LogP contribution in [0.2, 0.25) is 0 Å². The topological polar surface area (TPSA) is 42.0 Å². The van der Waals surface area contributed by atoms with Gasteiger partial charge in [-0.2, -0.15) is 0 Å². The van der Waals surface area contributed by atoms with E-state index in [1.165, 1.54) is 0 Å². The number of aromatic nitrogens is 1. The number of hydrogen-bond donors (Lipinski definition) is 1. The molecular weight excluding hydrogens is 280 g/mol. The fourth-order valence-electron chi connectivity index (χ4n) is 2.31. The van der Waals surface area contributed by atoms with Crippen molar-refractivity contribution in [1.82, 2.24) is 10.3 Å². The van der Waals surface area contributed by atoms with Crippen LogP contribution in [0.5, 0.6) is 0 Å². The summed E-state index contributed by atoms with van der Waals surface area (Å²) in [6.07, 6.45) is 3.25. The number of carbonyl (C=O) groups is 1. The minimum Gasteiger partial charge on any atom is -0.348 e. The number of nitrogens with zero attached hydrogens (tertiary/aromatic N) is 1. The summed E-state index contributed by atoms with van der Waals surface area (Å²) in [6.45, 7) is 8.71. The number of hydrogen-bond acceptors (Lipinski definition) is 2. The smallest absolute Gasteiger partial charge is 0.253 e. The normalized spacial score (nSPS) is 21.0. The van der Waals surface area contributed by atoms with Crippen molar-refractivity contribution >= 4 is 21.8 Å². The van der Waals surface area contributed by atoms with Gasteiger partial charge in [-0.3, -0.25) is 9.78 Å². The van der Waals surface area contributed by atoms with Gasteiger partial charge in [0.1, 0.15) is 0 Å². The zero-order valence-corrected chi connectivity index (χ0v) is 12.1.